The molecule has 15 nitrogen and oxygen atoms in total. The number of allylic oxidation sites excluding steroid dienone is 4. The van der Waals surface area contributed by atoms with E-state index in [4.69, 9.17) is 28.4 Å². The van der Waals surface area contributed by atoms with E-state index in [-0.39, 0.29) is 26.1 Å². The summed E-state index contributed by atoms with van der Waals surface area (Å²) in [7, 11) is 0. The Balaban J connectivity index is 1.74. The SMILES string of the molecule is CCCCCC/C=C\C/C=C\CCCCCCCCCC(=O)OC(COC(=O)CCCCCCCCCCCCCCCCCCCCCC)COC1OC(COC2OC(CO)C(O)C(O)C2O)C(O)C(O)C1O. The van der Waals surface area contributed by atoms with Crippen LogP contribution in [0.5, 0.6) is 0 Å². The molecular weight excluding hydrogens is 949 g/mol. The average molecular weight is 1060 g/mol. The number of carbonyl (C=O) groups excluding carboxylic acids is 2. The minimum absolute atomic E-state index is 0.159. The van der Waals surface area contributed by atoms with Crippen LogP contribution in [0.25, 0.3) is 0 Å². The van der Waals surface area contributed by atoms with E-state index in [2.05, 4.69) is 38.2 Å². The Kier molecular flexibility index (Phi) is 42.3. The average Bonchev–Trinajstić information content (AvgIpc) is 3.39. The van der Waals surface area contributed by atoms with Crippen molar-refractivity contribution >= 4 is 11.9 Å². The zero-order valence-electron chi connectivity index (χ0n) is 46.3. The number of ether oxygens (including phenoxy) is 6. The maximum atomic E-state index is 13.1. The van der Waals surface area contributed by atoms with Crippen molar-refractivity contribution in [2.45, 2.75) is 313 Å². The molecule has 0 radical (unpaired) electrons. The maximum Gasteiger partial charge on any atom is 0.306 e. The summed E-state index contributed by atoms with van der Waals surface area (Å²) in [5.74, 6) is -0.920. The summed E-state index contributed by atoms with van der Waals surface area (Å²) in [6, 6.07) is 0. The van der Waals surface area contributed by atoms with Gasteiger partial charge in [-0.3, -0.25) is 9.59 Å². The van der Waals surface area contributed by atoms with Crippen molar-refractivity contribution in [3.63, 3.8) is 0 Å². The second-order valence-electron chi connectivity index (χ2n) is 21.2. The third kappa shape index (κ3) is 32.7. The van der Waals surface area contributed by atoms with E-state index in [1.165, 1.54) is 141 Å². The number of aliphatic hydroxyl groups excluding tert-OH is 7. The summed E-state index contributed by atoms with van der Waals surface area (Å²) >= 11 is 0. The third-order valence-electron chi connectivity index (χ3n) is 14.4. The molecule has 15 heteroatoms. The van der Waals surface area contributed by atoms with Crippen LogP contribution in [0, 0.1) is 0 Å². The summed E-state index contributed by atoms with van der Waals surface area (Å²) in [4.78, 5) is 25.9. The largest absolute Gasteiger partial charge is 0.462 e. The molecule has 0 bridgehead atoms. The lowest BCUT2D eigenvalue weighted by Gasteiger charge is -2.42. The topological polar surface area (TPSA) is 231 Å². The highest BCUT2D eigenvalue weighted by atomic mass is 16.7. The zero-order valence-corrected chi connectivity index (χ0v) is 46.3. The van der Waals surface area contributed by atoms with Crippen LogP contribution in [-0.2, 0) is 38.0 Å². The second kappa shape index (κ2) is 45.9. The van der Waals surface area contributed by atoms with Crippen LogP contribution in [0.4, 0.5) is 0 Å². The van der Waals surface area contributed by atoms with Gasteiger partial charge >= 0.3 is 11.9 Å². The molecule has 0 aromatic rings. The van der Waals surface area contributed by atoms with Gasteiger partial charge in [0, 0.05) is 12.8 Å². The molecule has 74 heavy (non-hydrogen) atoms. The van der Waals surface area contributed by atoms with Gasteiger partial charge in [0.15, 0.2) is 18.7 Å². The molecule has 11 atom stereocenters. The van der Waals surface area contributed by atoms with Gasteiger partial charge in [0.2, 0.25) is 0 Å². The molecule has 2 heterocycles. The fourth-order valence-electron chi connectivity index (χ4n) is 9.54. The molecule has 434 valence electrons. The van der Waals surface area contributed by atoms with E-state index < -0.39 is 92.7 Å². The summed E-state index contributed by atoms with van der Waals surface area (Å²) in [6.45, 7) is 2.62. The minimum atomic E-state index is -1.76. The minimum Gasteiger partial charge on any atom is -0.462 e. The van der Waals surface area contributed by atoms with E-state index in [1.807, 2.05) is 0 Å². The Morgan fingerprint density at radius 2 is 0.811 bits per heavy atom. The van der Waals surface area contributed by atoms with Crippen molar-refractivity contribution < 1.29 is 73.8 Å². The Bertz CT molecular complexity index is 1380. The first kappa shape index (κ1) is 68.1. The number of aliphatic hydroxyl groups is 7. The van der Waals surface area contributed by atoms with E-state index in [0.29, 0.717) is 12.8 Å². The normalized spacial score (nSPS) is 24.8. The van der Waals surface area contributed by atoms with Crippen LogP contribution in [0.2, 0.25) is 0 Å². The lowest BCUT2D eigenvalue weighted by Crippen LogP contribution is -2.61. The first-order chi connectivity index (χ1) is 36.0. The molecule has 0 amide bonds. The van der Waals surface area contributed by atoms with Crippen LogP contribution in [0.15, 0.2) is 24.3 Å². The summed E-state index contributed by atoms with van der Waals surface area (Å²) in [6.07, 6.45) is 33.4. The number of esters is 2. The van der Waals surface area contributed by atoms with Crippen molar-refractivity contribution in [1.29, 1.82) is 0 Å². The number of rotatable bonds is 48. The smallest absolute Gasteiger partial charge is 0.306 e. The molecule has 0 spiro atoms. The van der Waals surface area contributed by atoms with Gasteiger partial charge in [-0.1, -0.05) is 212 Å². The van der Waals surface area contributed by atoms with E-state index in [9.17, 15) is 45.3 Å². The van der Waals surface area contributed by atoms with Crippen LogP contribution >= 0.6 is 0 Å². The number of unbranched alkanes of at least 4 members (excludes halogenated alkanes) is 30. The van der Waals surface area contributed by atoms with Gasteiger partial charge in [0.1, 0.15) is 55.4 Å². The highest BCUT2D eigenvalue weighted by Crippen LogP contribution is 2.27. The highest BCUT2D eigenvalue weighted by Gasteiger charge is 2.47. The molecule has 2 fully saturated rings. The fourth-order valence-corrected chi connectivity index (χ4v) is 9.54. The first-order valence-electron chi connectivity index (χ1n) is 29.9. The molecule has 2 aliphatic rings. The van der Waals surface area contributed by atoms with E-state index in [0.717, 1.165) is 64.2 Å². The maximum absolute atomic E-state index is 13.1. The molecule has 11 unspecified atom stereocenters. The van der Waals surface area contributed by atoms with E-state index >= 15 is 0 Å². The lowest BCUT2D eigenvalue weighted by molar-refractivity contribution is -0.332. The summed E-state index contributed by atoms with van der Waals surface area (Å²) in [5.41, 5.74) is 0. The number of hydrogen-bond donors (Lipinski definition) is 7. The monoisotopic (exact) mass is 1060 g/mol. The van der Waals surface area contributed by atoms with Gasteiger partial charge in [-0.25, -0.2) is 0 Å². The molecule has 0 aliphatic carbocycles. The summed E-state index contributed by atoms with van der Waals surface area (Å²) < 4.78 is 33.7. The van der Waals surface area contributed by atoms with Crippen LogP contribution in [0.1, 0.15) is 245 Å². The van der Waals surface area contributed by atoms with Crippen LogP contribution < -0.4 is 0 Å². The first-order valence-corrected chi connectivity index (χ1v) is 29.9. The van der Waals surface area contributed by atoms with Gasteiger partial charge in [0.05, 0.1) is 19.8 Å². The van der Waals surface area contributed by atoms with Crippen molar-refractivity contribution in [2.75, 3.05) is 26.4 Å². The predicted molar refractivity (Wildman–Crippen MR) is 289 cm³/mol. The number of hydrogen-bond acceptors (Lipinski definition) is 15. The molecule has 7 N–H and O–H groups in total. The van der Waals surface area contributed by atoms with Gasteiger partial charge in [-0.15, -0.1) is 0 Å². The molecule has 0 aromatic carbocycles. The van der Waals surface area contributed by atoms with Crippen LogP contribution in [0.3, 0.4) is 0 Å². The number of carbonyl (C=O) groups is 2. The quantitative estimate of drug-likeness (QED) is 0.0171. The molecular formula is C59H108O15. The standard InChI is InChI=1S/C59H108O15/c1-3-5-7-9-11-13-15-17-19-21-23-24-26-27-29-31-33-35-37-39-41-50(61)69-44-47(72-51(62)42-40-38-36-34-32-30-28-25-22-20-18-16-14-12-10-8-6-4-2)45-70-58-57(68)55(66)53(64)49(74-58)46-71-59-56(67)54(65)52(63)48(43-60)73-59/h14,16,20,22,47-49,52-60,63-68H,3-13,15,17-19,21,23-46H2,1-2H3/b16-14-,22-20-. The fraction of sp³-hybridized carbons (Fsp3) is 0.898. The molecule has 2 aliphatic heterocycles. The van der Waals surface area contributed by atoms with Gasteiger partial charge in [-0.05, 0) is 44.9 Å². The van der Waals surface area contributed by atoms with Crippen molar-refractivity contribution in [3.05, 3.63) is 24.3 Å². The van der Waals surface area contributed by atoms with Gasteiger partial charge in [0.25, 0.3) is 0 Å². The second-order valence-corrected chi connectivity index (χ2v) is 21.2. The molecule has 2 rings (SSSR count). The van der Waals surface area contributed by atoms with Crippen LogP contribution in [-0.4, -0.2) is 142 Å². The Labute approximate surface area is 447 Å². The molecule has 0 saturated carbocycles. The van der Waals surface area contributed by atoms with Gasteiger partial charge < -0.3 is 64.2 Å². The Morgan fingerprint density at radius 3 is 1.27 bits per heavy atom. The highest BCUT2D eigenvalue weighted by molar-refractivity contribution is 5.70. The molecule has 0 aromatic heterocycles. The van der Waals surface area contributed by atoms with E-state index in [1.54, 1.807) is 0 Å². The van der Waals surface area contributed by atoms with Crippen molar-refractivity contribution in [2.24, 2.45) is 0 Å². The Morgan fingerprint density at radius 1 is 0.432 bits per heavy atom. The third-order valence-corrected chi connectivity index (χ3v) is 14.4. The Hall–Kier alpha value is -2.02. The predicted octanol–water partition coefficient (Wildman–Crippen LogP) is 10.3. The zero-order chi connectivity index (χ0) is 53.9. The van der Waals surface area contributed by atoms with Crippen molar-refractivity contribution in [3.8, 4) is 0 Å². The summed E-state index contributed by atoms with van der Waals surface area (Å²) in [5, 5.41) is 72.3. The lowest BCUT2D eigenvalue weighted by atomic mass is 9.98. The van der Waals surface area contributed by atoms with Gasteiger partial charge in [-0.2, -0.15) is 0 Å². The van der Waals surface area contributed by atoms with Crippen molar-refractivity contribution in [1.82, 2.24) is 0 Å². The molecule has 2 saturated heterocycles.